The van der Waals surface area contributed by atoms with Crippen LogP contribution in [0.5, 0.6) is 0 Å². The summed E-state index contributed by atoms with van der Waals surface area (Å²) in [6.45, 7) is -0.175. The zero-order valence-corrected chi connectivity index (χ0v) is 19.8. The highest BCUT2D eigenvalue weighted by molar-refractivity contribution is 7.20. The lowest BCUT2D eigenvalue weighted by Crippen LogP contribution is -2.77. The van der Waals surface area contributed by atoms with Crippen molar-refractivity contribution in [3.8, 4) is 0 Å². The second kappa shape index (κ2) is 9.41. The van der Waals surface area contributed by atoms with Crippen LogP contribution in [-0.2, 0) is 0 Å². The SMILES string of the molecule is C[Si](C)(Cl)C(F)(F)C(F)C(F)(F)C(F)(F)C(F)(F)C(F)(F)C(F)(F)C(F)(F)C(F)(F)C(F)(F)C(F)(F)C(F)(F)F. The van der Waals surface area contributed by atoms with Crippen LogP contribution >= 0.6 is 11.1 Å². The van der Waals surface area contributed by atoms with Gasteiger partial charge in [0.2, 0.25) is 13.6 Å². The van der Waals surface area contributed by atoms with Gasteiger partial charge < -0.3 is 0 Å². The number of alkyl halides is 24. The van der Waals surface area contributed by atoms with Gasteiger partial charge in [0.25, 0.3) is 5.55 Å². The van der Waals surface area contributed by atoms with Crippen molar-refractivity contribution in [3.63, 3.8) is 0 Å². The summed E-state index contributed by atoms with van der Waals surface area (Å²) in [5, 5.41) is 0. The van der Waals surface area contributed by atoms with E-state index in [2.05, 4.69) is 0 Å². The first-order valence-electron chi connectivity index (χ1n) is 8.83. The fraction of sp³-hybridized carbons (Fsp3) is 1.00. The molecule has 242 valence electrons. The Balaban J connectivity index is 7.25. The predicted octanol–water partition coefficient (Wildman–Crippen LogP) is 9.22. The largest absolute Gasteiger partial charge is 0.460 e. The van der Waals surface area contributed by atoms with E-state index in [4.69, 9.17) is 11.1 Å². The fourth-order valence-electron chi connectivity index (χ4n) is 2.26. The highest BCUT2D eigenvalue weighted by Gasteiger charge is 2.98. The normalized spacial score (nSPS) is 17.8. The maximum Gasteiger partial charge on any atom is 0.460 e. The molecule has 0 aliphatic heterocycles. The molecule has 0 nitrogen and oxygen atoms in total. The highest BCUT2D eigenvalue weighted by atomic mass is 35.6. The molecule has 0 radical (unpaired) electrons. The van der Waals surface area contributed by atoms with Crippen LogP contribution in [0.25, 0.3) is 0 Å². The van der Waals surface area contributed by atoms with Crippen molar-refractivity contribution in [1.82, 2.24) is 0 Å². The second-order valence-corrected chi connectivity index (χ2v) is 14.6. The second-order valence-electron chi connectivity index (χ2n) is 8.17. The standard InChI is InChI=1S/C14H7ClF24Si/c1-40(2,15)5(19,20)3(16)4(17,18)6(21,22)7(23,24)8(25,26)9(27,28)10(29,30)11(31,32)12(33,34)13(35,36)14(37,38)39/h3H,1-2H3. The zero-order valence-electron chi connectivity index (χ0n) is 18.0. The van der Waals surface area contributed by atoms with Gasteiger partial charge in [-0.2, -0.15) is 103 Å². The minimum atomic E-state index is -9.45. The number of rotatable bonds is 11. The Morgan fingerprint density at radius 1 is 0.400 bits per heavy atom. The minimum Gasteiger partial charge on any atom is -0.234 e. The van der Waals surface area contributed by atoms with E-state index in [9.17, 15) is 105 Å². The third-order valence-electron chi connectivity index (χ3n) is 4.96. The van der Waals surface area contributed by atoms with Gasteiger partial charge in [-0.05, 0) is 0 Å². The molecule has 0 amide bonds. The van der Waals surface area contributed by atoms with E-state index in [1.54, 1.807) is 0 Å². The summed E-state index contributed by atoms with van der Waals surface area (Å²) >= 11 is 4.79. The van der Waals surface area contributed by atoms with Crippen LogP contribution in [0.15, 0.2) is 0 Å². The average molecular weight is 695 g/mol. The van der Waals surface area contributed by atoms with Crippen molar-refractivity contribution < 1.29 is 105 Å². The van der Waals surface area contributed by atoms with Gasteiger partial charge in [0.1, 0.15) is 0 Å². The minimum absolute atomic E-state index is 0.0875. The van der Waals surface area contributed by atoms with Crippen LogP contribution in [0.1, 0.15) is 0 Å². The van der Waals surface area contributed by atoms with Crippen molar-refractivity contribution in [1.29, 1.82) is 0 Å². The van der Waals surface area contributed by atoms with Crippen molar-refractivity contribution in [2.75, 3.05) is 0 Å². The lowest BCUT2D eigenvalue weighted by Gasteiger charge is -2.45. The molecule has 26 heteroatoms. The first kappa shape index (κ1) is 38.8. The molecule has 1 atom stereocenters. The molecular formula is C14H7ClF24Si. The molecule has 0 fully saturated rings. The molecule has 0 aromatic carbocycles. The van der Waals surface area contributed by atoms with Crippen molar-refractivity contribution in [2.24, 2.45) is 0 Å². The number of hydrogen-bond acceptors (Lipinski definition) is 0. The third-order valence-corrected chi connectivity index (χ3v) is 7.56. The summed E-state index contributed by atoms with van der Waals surface area (Å²) in [4.78, 5) is 0. The van der Waals surface area contributed by atoms with Gasteiger partial charge in [-0.15, -0.1) is 0 Å². The first-order chi connectivity index (χ1) is 16.7. The quantitative estimate of drug-likeness (QED) is 0.115. The van der Waals surface area contributed by atoms with Crippen LogP contribution in [0.4, 0.5) is 105 Å². The lowest BCUT2D eigenvalue weighted by atomic mass is 9.85. The van der Waals surface area contributed by atoms with Crippen LogP contribution in [0.2, 0.25) is 13.1 Å². The number of hydrogen-bond donors (Lipinski definition) is 0. The van der Waals surface area contributed by atoms with E-state index in [0.717, 1.165) is 0 Å². The Bertz CT molecular complexity index is 925. The van der Waals surface area contributed by atoms with Gasteiger partial charge in [-0.25, -0.2) is 13.2 Å². The Kier molecular flexibility index (Phi) is 9.14. The van der Waals surface area contributed by atoms with Crippen LogP contribution in [-0.4, -0.2) is 78.6 Å². The number of halogens is 25. The average Bonchev–Trinajstić information content (AvgIpc) is 2.70. The van der Waals surface area contributed by atoms with Crippen molar-refractivity contribution in [2.45, 2.75) is 84.3 Å². The Morgan fingerprint density at radius 2 is 0.600 bits per heavy atom. The van der Waals surface area contributed by atoms with E-state index in [-0.39, 0.29) is 13.1 Å². The van der Waals surface area contributed by atoms with Gasteiger partial charge in [-0.3, -0.25) is 0 Å². The van der Waals surface area contributed by atoms with E-state index in [1.807, 2.05) is 0 Å². The molecule has 0 saturated carbocycles. The summed E-state index contributed by atoms with van der Waals surface area (Å²) in [5.41, 5.74) is -6.11. The summed E-state index contributed by atoms with van der Waals surface area (Å²) in [7, 11) is -5.48. The Hall–Kier alpha value is -1.17. The van der Waals surface area contributed by atoms with Gasteiger partial charge in [0.05, 0.1) is 0 Å². The highest BCUT2D eigenvalue weighted by Crippen LogP contribution is 2.66. The summed E-state index contributed by atoms with van der Waals surface area (Å²) in [6.07, 6.45) is -14.3. The molecule has 40 heavy (non-hydrogen) atoms. The molecular weight excluding hydrogens is 688 g/mol. The van der Waals surface area contributed by atoms with Crippen molar-refractivity contribution in [3.05, 3.63) is 0 Å². The monoisotopic (exact) mass is 694 g/mol. The van der Waals surface area contributed by atoms with E-state index < -0.39 is 78.6 Å². The molecule has 0 aliphatic rings. The smallest absolute Gasteiger partial charge is 0.234 e. The molecule has 0 aliphatic carbocycles. The van der Waals surface area contributed by atoms with Gasteiger partial charge >= 0.3 is 59.5 Å². The summed E-state index contributed by atoms with van der Waals surface area (Å²) in [6, 6.07) is 0. The van der Waals surface area contributed by atoms with E-state index in [0.29, 0.717) is 0 Å². The topological polar surface area (TPSA) is 0 Å². The first-order valence-corrected chi connectivity index (χ1v) is 12.8. The molecule has 0 bridgehead atoms. The van der Waals surface area contributed by atoms with Crippen LogP contribution < -0.4 is 0 Å². The molecule has 0 saturated heterocycles. The van der Waals surface area contributed by atoms with E-state index in [1.165, 1.54) is 0 Å². The molecule has 0 heterocycles. The fourth-order valence-corrected chi connectivity index (χ4v) is 3.33. The third kappa shape index (κ3) is 4.65. The maximum absolute atomic E-state index is 13.7. The molecule has 1 unspecified atom stereocenters. The Morgan fingerprint density at radius 3 is 0.800 bits per heavy atom. The predicted molar refractivity (Wildman–Crippen MR) is 83.8 cm³/mol. The summed E-state index contributed by atoms with van der Waals surface area (Å²) < 4.78 is 318. The van der Waals surface area contributed by atoms with Crippen molar-refractivity contribution >= 4 is 18.5 Å². The summed E-state index contributed by atoms with van der Waals surface area (Å²) in [5.74, 6) is -81.2. The Labute approximate surface area is 209 Å². The molecule has 0 aromatic heterocycles. The van der Waals surface area contributed by atoms with Gasteiger partial charge in [0.15, 0.2) is 0 Å². The van der Waals surface area contributed by atoms with E-state index >= 15 is 0 Å². The maximum atomic E-state index is 13.7. The molecule has 0 rings (SSSR count). The lowest BCUT2D eigenvalue weighted by molar-refractivity contribution is -0.475. The molecule has 0 N–H and O–H groups in total. The zero-order chi connectivity index (χ0) is 33.6. The van der Waals surface area contributed by atoms with Crippen LogP contribution in [0, 0.1) is 0 Å². The molecule has 0 aromatic rings. The van der Waals surface area contributed by atoms with Gasteiger partial charge in [-0.1, -0.05) is 13.1 Å². The van der Waals surface area contributed by atoms with Crippen LogP contribution in [0.3, 0.4) is 0 Å². The van der Waals surface area contributed by atoms with Gasteiger partial charge in [0, 0.05) is 0 Å². The molecule has 0 spiro atoms.